The van der Waals surface area contributed by atoms with Crippen LogP contribution in [-0.4, -0.2) is 42.8 Å². The largest absolute Gasteiger partial charge is 0.468 e. The van der Waals surface area contributed by atoms with Gasteiger partial charge in [-0.2, -0.15) is 0 Å². The zero-order valence-electron chi connectivity index (χ0n) is 17.8. The fraction of sp³-hybridized carbons (Fsp3) is 0.333. The molecule has 160 valence electrons. The van der Waals surface area contributed by atoms with Crippen molar-refractivity contribution in [3.05, 3.63) is 76.3 Å². The molecule has 0 N–H and O–H groups in total. The van der Waals surface area contributed by atoms with E-state index in [0.717, 1.165) is 15.6 Å². The van der Waals surface area contributed by atoms with Crippen LogP contribution >= 0.6 is 15.9 Å². The van der Waals surface area contributed by atoms with E-state index in [1.807, 2.05) is 87.5 Å². The molecule has 0 unspecified atom stereocenters. The smallest absolute Gasteiger partial charge is 0.410 e. The minimum Gasteiger partial charge on any atom is -0.468 e. The van der Waals surface area contributed by atoms with Crippen molar-refractivity contribution in [2.24, 2.45) is 0 Å². The quantitative estimate of drug-likeness (QED) is 0.487. The third-order valence-corrected chi connectivity index (χ3v) is 4.78. The molecule has 6 heteroatoms. The van der Waals surface area contributed by atoms with Gasteiger partial charge < -0.3 is 14.4 Å². The Morgan fingerprint density at radius 2 is 1.70 bits per heavy atom. The van der Waals surface area contributed by atoms with Crippen molar-refractivity contribution in [2.45, 2.75) is 32.3 Å². The van der Waals surface area contributed by atoms with Gasteiger partial charge in [-0.15, -0.1) is 0 Å². The Hall–Kier alpha value is -2.60. The summed E-state index contributed by atoms with van der Waals surface area (Å²) in [6.07, 6.45) is 3.34. The van der Waals surface area contributed by atoms with E-state index in [2.05, 4.69) is 15.9 Å². The summed E-state index contributed by atoms with van der Waals surface area (Å²) in [7, 11) is 1.35. The number of esters is 1. The number of nitrogens with zero attached hydrogens (tertiary/aromatic N) is 1. The van der Waals surface area contributed by atoms with Crippen LogP contribution < -0.4 is 0 Å². The summed E-state index contributed by atoms with van der Waals surface area (Å²) in [6.45, 7) is 5.89. The summed E-state index contributed by atoms with van der Waals surface area (Å²) >= 11 is 3.40. The van der Waals surface area contributed by atoms with Crippen molar-refractivity contribution < 1.29 is 19.1 Å². The Morgan fingerprint density at radius 3 is 2.27 bits per heavy atom. The Kier molecular flexibility index (Phi) is 8.66. The first kappa shape index (κ1) is 23.7. The molecular formula is C24H28BrNO4. The van der Waals surface area contributed by atoms with E-state index in [4.69, 9.17) is 9.47 Å². The molecule has 2 aromatic carbocycles. The van der Waals surface area contributed by atoms with Crippen molar-refractivity contribution in [2.75, 3.05) is 20.2 Å². The average Bonchev–Trinajstić information content (AvgIpc) is 2.70. The molecule has 0 saturated carbocycles. The first-order valence-corrected chi connectivity index (χ1v) is 10.5. The van der Waals surface area contributed by atoms with Crippen LogP contribution in [0.4, 0.5) is 4.79 Å². The van der Waals surface area contributed by atoms with Gasteiger partial charge >= 0.3 is 12.1 Å². The fourth-order valence-electron chi connectivity index (χ4n) is 2.80. The molecular weight excluding hydrogens is 446 g/mol. The highest BCUT2D eigenvalue weighted by atomic mass is 79.9. The highest BCUT2D eigenvalue weighted by Gasteiger charge is 2.29. The number of methoxy groups -OCH3 is 1. The molecule has 0 aliphatic rings. The first-order valence-electron chi connectivity index (χ1n) is 9.72. The second kappa shape index (κ2) is 11.0. The van der Waals surface area contributed by atoms with Gasteiger partial charge in [-0.25, -0.2) is 4.79 Å². The molecule has 0 aliphatic heterocycles. The second-order valence-corrected chi connectivity index (χ2v) is 8.74. The molecule has 0 heterocycles. The summed E-state index contributed by atoms with van der Waals surface area (Å²) in [5, 5.41) is 0. The molecule has 30 heavy (non-hydrogen) atoms. The molecule has 0 aromatic heterocycles. The maximum atomic E-state index is 12.8. The monoisotopic (exact) mass is 473 g/mol. The molecule has 0 radical (unpaired) electrons. The lowest BCUT2D eigenvalue weighted by molar-refractivity contribution is -0.142. The Bertz CT molecular complexity index is 857. The van der Waals surface area contributed by atoms with Gasteiger partial charge in [0, 0.05) is 17.6 Å². The van der Waals surface area contributed by atoms with Crippen molar-refractivity contribution in [3.8, 4) is 0 Å². The number of carbonyl (C=O) groups excluding carboxylic acids is 2. The third kappa shape index (κ3) is 7.67. The van der Waals surface area contributed by atoms with Crippen LogP contribution in [0.2, 0.25) is 0 Å². The van der Waals surface area contributed by atoms with Crippen molar-refractivity contribution in [1.82, 2.24) is 4.90 Å². The van der Waals surface area contributed by atoms with E-state index < -0.39 is 23.6 Å². The molecule has 1 atom stereocenters. The Balaban J connectivity index is 2.25. The lowest BCUT2D eigenvalue weighted by Crippen LogP contribution is -2.40. The van der Waals surface area contributed by atoms with Gasteiger partial charge in [-0.05, 0) is 44.0 Å². The molecule has 1 amide bonds. The van der Waals surface area contributed by atoms with E-state index in [1.54, 1.807) is 0 Å². The van der Waals surface area contributed by atoms with Crippen molar-refractivity contribution >= 4 is 34.1 Å². The highest BCUT2D eigenvalue weighted by Crippen LogP contribution is 2.23. The van der Waals surface area contributed by atoms with Crippen molar-refractivity contribution in [3.63, 3.8) is 0 Å². The van der Waals surface area contributed by atoms with E-state index >= 15 is 0 Å². The van der Waals surface area contributed by atoms with Crippen LogP contribution in [0.15, 0.2) is 65.1 Å². The van der Waals surface area contributed by atoms with Gasteiger partial charge in [0.1, 0.15) is 5.60 Å². The van der Waals surface area contributed by atoms with Gasteiger partial charge in [0.15, 0.2) is 0 Å². The molecule has 0 fully saturated rings. The molecule has 2 aromatic rings. The Morgan fingerprint density at radius 1 is 1.07 bits per heavy atom. The normalized spacial score (nSPS) is 12.4. The van der Waals surface area contributed by atoms with Crippen LogP contribution in [-0.2, 0) is 14.3 Å². The van der Waals surface area contributed by atoms with Gasteiger partial charge in [-0.1, -0.05) is 70.5 Å². The summed E-state index contributed by atoms with van der Waals surface area (Å²) in [4.78, 5) is 26.9. The molecule has 0 saturated heterocycles. The Labute approximate surface area is 186 Å². The van der Waals surface area contributed by atoms with E-state index in [-0.39, 0.29) is 6.54 Å². The predicted octanol–water partition coefficient (Wildman–Crippen LogP) is 5.66. The summed E-state index contributed by atoms with van der Waals surface area (Å²) in [5.74, 6) is -1.03. The van der Waals surface area contributed by atoms with Crippen molar-refractivity contribution in [1.29, 1.82) is 0 Å². The van der Waals surface area contributed by atoms with E-state index in [9.17, 15) is 9.59 Å². The summed E-state index contributed by atoms with van der Waals surface area (Å²) in [5.41, 5.74) is 1.15. The van der Waals surface area contributed by atoms with Gasteiger partial charge in [0.05, 0.1) is 13.0 Å². The van der Waals surface area contributed by atoms with Crippen LogP contribution in [0.25, 0.3) is 6.08 Å². The van der Waals surface area contributed by atoms with Crippen LogP contribution in [0.5, 0.6) is 0 Å². The molecule has 2 rings (SSSR count). The number of carbonyl (C=O) groups is 2. The molecule has 0 aliphatic carbocycles. The summed E-state index contributed by atoms with van der Waals surface area (Å²) < 4.78 is 11.5. The summed E-state index contributed by atoms with van der Waals surface area (Å²) in [6, 6.07) is 17.2. The lowest BCUT2D eigenvalue weighted by atomic mass is 9.98. The minimum atomic E-state index is -0.642. The number of hydrogen-bond donors (Lipinski definition) is 0. The number of halogens is 1. The zero-order chi connectivity index (χ0) is 22.1. The topological polar surface area (TPSA) is 55.8 Å². The van der Waals surface area contributed by atoms with Crippen LogP contribution in [0, 0.1) is 0 Å². The van der Waals surface area contributed by atoms with Crippen LogP contribution in [0.3, 0.4) is 0 Å². The lowest BCUT2D eigenvalue weighted by Gasteiger charge is -2.29. The first-order chi connectivity index (χ1) is 14.2. The molecule has 0 bridgehead atoms. The minimum absolute atomic E-state index is 0.141. The van der Waals surface area contributed by atoms with Gasteiger partial charge in [-0.3, -0.25) is 4.79 Å². The zero-order valence-corrected chi connectivity index (χ0v) is 19.4. The second-order valence-electron chi connectivity index (χ2n) is 7.83. The molecule has 0 spiro atoms. The predicted molar refractivity (Wildman–Crippen MR) is 122 cm³/mol. The molecule has 5 nitrogen and oxygen atoms in total. The average molecular weight is 474 g/mol. The highest BCUT2D eigenvalue weighted by molar-refractivity contribution is 9.10. The number of rotatable bonds is 7. The van der Waals surface area contributed by atoms with Gasteiger partial charge in [0.25, 0.3) is 0 Å². The van der Waals surface area contributed by atoms with Gasteiger partial charge in [0.2, 0.25) is 0 Å². The SMILES string of the molecule is COC(=O)[C@H](CN(C/C=C/c1ccccc1)C(=O)OC(C)(C)C)c1ccc(Br)cc1. The number of hydrogen-bond acceptors (Lipinski definition) is 4. The number of amides is 1. The fourth-order valence-corrected chi connectivity index (χ4v) is 3.07. The van der Waals surface area contributed by atoms with E-state index in [0.29, 0.717) is 6.54 Å². The number of ether oxygens (including phenoxy) is 2. The maximum Gasteiger partial charge on any atom is 0.410 e. The standard InChI is InChI=1S/C24H28BrNO4/c1-24(2,3)30-23(28)26(16-8-11-18-9-6-5-7-10-18)17-21(22(27)29-4)19-12-14-20(25)15-13-19/h5-15,21H,16-17H2,1-4H3/b11-8+/t21-/m1/s1. The number of benzene rings is 2. The third-order valence-electron chi connectivity index (χ3n) is 4.25. The maximum absolute atomic E-state index is 12.8. The van der Waals surface area contributed by atoms with Crippen LogP contribution in [0.1, 0.15) is 37.8 Å². The van der Waals surface area contributed by atoms with E-state index in [1.165, 1.54) is 12.0 Å².